The van der Waals surface area contributed by atoms with Gasteiger partial charge in [-0.25, -0.2) is 0 Å². The van der Waals surface area contributed by atoms with Crippen LogP contribution in [0.1, 0.15) is 38.3 Å². The Bertz CT molecular complexity index is 387. The number of methoxy groups -OCH3 is 1. The van der Waals surface area contributed by atoms with E-state index in [4.69, 9.17) is 10.5 Å². The number of ether oxygens (including phenoxy) is 1. The second kappa shape index (κ2) is 8.72. The fraction of sp³-hybridized carbons (Fsp3) is 0.562. The second-order valence-corrected chi connectivity index (χ2v) is 4.93. The summed E-state index contributed by atoms with van der Waals surface area (Å²) in [7, 11) is 1.51. The number of benzene rings is 1. The van der Waals surface area contributed by atoms with Gasteiger partial charge in [-0.05, 0) is 11.5 Å². The van der Waals surface area contributed by atoms with Gasteiger partial charge in [0.15, 0.2) is 0 Å². The molecule has 0 spiro atoms. The normalized spacial score (nSPS) is 14.1. The minimum absolute atomic E-state index is 0.00269. The first-order chi connectivity index (χ1) is 9.67. The minimum atomic E-state index is -0.587. The molecule has 2 atom stereocenters. The first-order valence-electron chi connectivity index (χ1n) is 7.26. The van der Waals surface area contributed by atoms with Crippen molar-refractivity contribution in [1.29, 1.82) is 0 Å². The highest BCUT2D eigenvalue weighted by Gasteiger charge is 2.25. The van der Waals surface area contributed by atoms with Gasteiger partial charge in [0.05, 0.1) is 6.04 Å². The van der Waals surface area contributed by atoms with E-state index >= 15 is 0 Å². The Morgan fingerprint density at radius 2 is 1.85 bits per heavy atom. The van der Waals surface area contributed by atoms with Crippen molar-refractivity contribution in [2.75, 3.05) is 13.7 Å². The Hall–Kier alpha value is -1.39. The van der Waals surface area contributed by atoms with Crippen LogP contribution < -0.4 is 11.1 Å². The van der Waals surface area contributed by atoms with Crippen LogP contribution in [0.15, 0.2) is 30.3 Å². The lowest BCUT2D eigenvalue weighted by molar-refractivity contribution is -0.131. The Morgan fingerprint density at radius 1 is 1.25 bits per heavy atom. The van der Waals surface area contributed by atoms with E-state index < -0.39 is 6.10 Å². The molecule has 112 valence electrons. The van der Waals surface area contributed by atoms with Gasteiger partial charge in [-0.2, -0.15) is 0 Å². The summed E-state index contributed by atoms with van der Waals surface area (Å²) in [5.74, 6) is 0.257. The molecule has 0 radical (unpaired) electrons. The number of hydrogen-bond acceptors (Lipinski definition) is 3. The van der Waals surface area contributed by atoms with Crippen molar-refractivity contribution in [3.63, 3.8) is 0 Å². The maximum Gasteiger partial charge on any atom is 0.250 e. The molecule has 1 rings (SSSR count). The van der Waals surface area contributed by atoms with E-state index in [-0.39, 0.29) is 18.5 Å². The van der Waals surface area contributed by atoms with Gasteiger partial charge >= 0.3 is 0 Å². The monoisotopic (exact) mass is 278 g/mol. The molecule has 0 aromatic heterocycles. The summed E-state index contributed by atoms with van der Waals surface area (Å²) < 4.78 is 5.11. The van der Waals surface area contributed by atoms with Crippen LogP contribution in [0.4, 0.5) is 0 Å². The molecule has 0 saturated heterocycles. The SMILES string of the molecule is CCC(CC)C(NC(=O)C(CN)OC)c1ccccc1. The molecule has 1 amide bonds. The average Bonchev–Trinajstić information content (AvgIpc) is 2.49. The third-order valence-corrected chi connectivity index (χ3v) is 3.77. The molecular weight excluding hydrogens is 252 g/mol. The first-order valence-corrected chi connectivity index (χ1v) is 7.26. The Morgan fingerprint density at radius 3 is 2.30 bits per heavy atom. The Kier molecular flexibility index (Phi) is 7.26. The van der Waals surface area contributed by atoms with E-state index in [2.05, 4.69) is 19.2 Å². The lowest BCUT2D eigenvalue weighted by Gasteiger charge is -2.28. The highest BCUT2D eigenvalue weighted by atomic mass is 16.5. The summed E-state index contributed by atoms with van der Waals surface area (Å²) in [6.45, 7) is 4.48. The van der Waals surface area contributed by atoms with Crippen LogP contribution in [0.2, 0.25) is 0 Å². The molecule has 0 saturated carbocycles. The highest BCUT2D eigenvalue weighted by Crippen LogP contribution is 2.27. The minimum Gasteiger partial charge on any atom is -0.370 e. The van der Waals surface area contributed by atoms with Gasteiger partial charge in [0, 0.05) is 13.7 Å². The number of nitrogens with two attached hydrogens (primary N) is 1. The lowest BCUT2D eigenvalue weighted by Crippen LogP contribution is -2.43. The highest BCUT2D eigenvalue weighted by molar-refractivity contribution is 5.81. The van der Waals surface area contributed by atoms with Crippen molar-refractivity contribution in [3.05, 3.63) is 35.9 Å². The van der Waals surface area contributed by atoms with E-state index in [0.29, 0.717) is 5.92 Å². The Labute approximate surface area is 121 Å². The van der Waals surface area contributed by atoms with Crippen molar-refractivity contribution in [3.8, 4) is 0 Å². The predicted octanol–water partition coefficient (Wildman–Crippen LogP) is 2.25. The van der Waals surface area contributed by atoms with Crippen LogP contribution in [-0.2, 0) is 9.53 Å². The lowest BCUT2D eigenvalue weighted by atomic mass is 9.88. The number of hydrogen-bond donors (Lipinski definition) is 2. The predicted molar refractivity (Wildman–Crippen MR) is 81.2 cm³/mol. The van der Waals surface area contributed by atoms with Gasteiger partial charge in [-0.15, -0.1) is 0 Å². The fourth-order valence-corrected chi connectivity index (χ4v) is 2.45. The third kappa shape index (κ3) is 4.32. The molecule has 0 aliphatic heterocycles. The van der Waals surface area contributed by atoms with Crippen molar-refractivity contribution >= 4 is 5.91 Å². The van der Waals surface area contributed by atoms with Crippen molar-refractivity contribution in [1.82, 2.24) is 5.32 Å². The molecule has 0 aliphatic rings. The number of amides is 1. The number of carbonyl (C=O) groups excluding carboxylic acids is 1. The van der Waals surface area contributed by atoms with Gasteiger partial charge in [0.2, 0.25) is 0 Å². The smallest absolute Gasteiger partial charge is 0.250 e. The van der Waals surface area contributed by atoms with Crippen LogP contribution in [-0.4, -0.2) is 25.7 Å². The third-order valence-electron chi connectivity index (χ3n) is 3.77. The summed E-state index contributed by atoms with van der Waals surface area (Å²) in [6.07, 6.45) is 1.43. The van der Waals surface area contributed by atoms with E-state index in [9.17, 15) is 4.79 Å². The molecule has 4 heteroatoms. The molecule has 0 heterocycles. The largest absolute Gasteiger partial charge is 0.370 e. The van der Waals surface area contributed by atoms with E-state index in [1.807, 2.05) is 30.3 Å². The Balaban J connectivity index is 2.91. The molecule has 0 aliphatic carbocycles. The molecule has 2 unspecified atom stereocenters. The zero-order valence-electron chi connectivity index (χ0n) is 12.6. The molecule has 1 aromatic carbocycles. The molecule has 0 bridgehead atoms. The summed E-state index contributed by atoms with van der Waals surface area (Å²) in [6, 6.07) is 10.1. The quantitative estimate of drug-likeness (QED) is 0.766. The molecule has 4 nitrogen and oxygen atoms in total. The van der Waals surface area contributed by atoms with Crippen LogP contribution >= 0.6 is 0 Å². The van der Waals surface area contributed by atoms with Gasteiger partial charge in [-0.3, -0.25) is 4.79 Å². The van der Waals surface area contributed by atoms with Gasteiger partial charge in [0.1, 0.15) is 6.10 Å². The van der Waals surface area contributed by atoms with Crippen LogP contribution in [0.5, 0.6) is 0 Å². The number of rotatable bonds is 8. The standard InChI is InChI=1S/C16H26N2O2/c1-4-12(5-2)15(13-9-7-6-8-10-13)18-16(19)14(11-17)20-3/h6-10,12,14-15H,4-5,11,17H2,1-3H3,(H,18,19). The topological polar surface area (TPSA) is 64.4 Å². The number of nitrogens with one attached hydrogen (secondary N) is 1. The van der Waals surface area contributed by atoms with Gasteiger partial charge in [-0.1, -0.05) is 57.0 Å². The fourth-order valence-electron chi connectivity index (χ4n) is 2.45. The maximum atomic E-state index is 12.2. The van der Waals surface area contributed by atoms with Gasteiger partial charge in [0.25, 0.3) is 5.91 Å². The number of carbonyl (C=O) groups is 1. The zero-order valence-corrected chi connectivity index (χ0v) is 12.6. The molecule has 3 N–H and O–H groups in total. The second-order valence-electron chi connectivity index (χ2n) is 4.93. The van der Waals surface area contributed by atoms with Crippen molar-refractivity contribution < 1.29 is 9.53 Å². The molecule has 1 aromatic rings. The summed E-state index contributed by atoms with van der Waals surface area (Å²) in [5, 5.41) is 3.09. The van der Waals surface area contributed by atoms with Crippen molar-refractivity contribution in [2.45, 2.75) is 38.8 Å². The van der Waals surface area contributed by atoms with Gasteiger partial charge < -0.3 is 15.8 Å². The van der Waals surface area contributed by atoms with E-state index in [0.717, 1.165) is 18.4 Å². The zero-order chi connectivity index (χ0) is 15.0. The molecule has 20 heavy (non-hydrogen) atoms. The van der Waals surface area contributed by atoms with Crippen LogP contribution in [0.25, 0.3) is 0 Å². The van der Waals surface area contributed by atoms with Crippen molar-refractivity contribution in [2.24, 2.45) is 11.7 Å². The average molecular weight is 278 g/mol. The van der Waals surface area contributed by atoms with E-state index in [1.165, 1.54) is 7.11 Å². The summed E-state index contributed by atoms with van der Waals surface area (Å²) in [5.41, 5.74) is 6.68. The summed E-state index contributed by atoms with van der Waals surface area (Å²) >= 11 is 0. The first kappa shape index (κ1) is 16.7. The van der Waals surface area contributed by atoms with Crippen LogP contribution in [0.3, 0.4) is 0 Å². The van der Waals surface area contributed by atoms with E-state index in [1.54, 1.807) is 0 Å². The summed E-state index contributed by atoms with van der Waals surface area (Å²) in [4.78, 5) is 12.2. The van der Waals surface area contributed by atoms with Crippen LogP contribution in [0, 0.1) is 5.92 Å². The maximum absolute atomic E-state index is 12.2. The molecule has 0 fully saturated rings. The molecular formula is C16H26N2O2.